The highest BCUT2D eigenvalue weighted by Gasteiger charge is 2.15. The second-order valence-electron chi connectivity index (χ2n) is 4.81. The van der Waals surface area contributed by atoms with Gasteiger partial charge in [-0.2, -0.15) is 0 Å². The van der Waals surface area contributed by atoms with E-state index in [0.29, 0.717) is 0 Å². The van der Waals surface area contributed by atoms with Crippen molar-refractivity contribution in [2.24, 2.45) is 0 Å². The molecule has 2 N–H and O–H groups in total. The van der Waals surface area contributed by atoms with Gasteiger partial charge < -0.3 is 10.2 Å². The van der Waals surface area contributed by atoms with Crippen LogP contribution in [-0.2, 0) is 0 Å². The maximum Gasteiger partial charge on any atom is 0.221 e. The predicted octanol–water partition coefficient (Wildman–Crippen LogP) is 1.86. The van der Waals surface area contributed by atoms with Crippen LogP contribution in [0.3, 0.4) is 0 Å². The van der Waals surface area contributed by atoms with E-state index in [0.717, 1.165) is 42.1 Å². The van der Waals surface area contributed by atoms with E-state index in [4.69, 9.17) is 0 Å². The van der Waals surface area contributed by atoms with Crippen molar-refractivity contribution in [3.8, 4) is 0 Å². The van der Waals surface area contributed by atoms with Gasteiger partial charge in [0.1, 0.15) is 0 Å². The fourth-order valence-corrected chi connectivity index (χ4v) is 2.71. The van der Waals surface area contributed by atoms with Gasteiger partial charge in [-0.25, -0.2) is 5.01 Å². The first kappa shape index (κ1) is 13.3. The smallest absolute Gasteiger partial charge is 0.221 e. The third-order valence-corrected chi connectivity index (χ3v) is 3.95. The molecule has 1 aliphatic rings. The van der Waals surface area contributed by atoms with E-state index in [1.807, 2.05) is 30.3 Å². The van der Waals surface area contributed by atoms with Gasteiger partial charge in [0.25, 0.3) is 0 Å². The standard InChI is InChI=1S/C13H18N6S/c1-18-7-9-19(10-8-18)17-13-16-15-12(20-13)14-11-5-3-2-4-6-11/h2-6H,7-10H2,1H3,(H,14,15)(H,16,17). The van der Waals surface area contributed by atoms with Crippen molar-refractivity contribution < 1.29 is 0 Å². The first-order valence-electron chi connectivity index (χ1n) is 6.65. The quantitative estimate of drug-likeness (QED) is 0.896. The lowest BCUT2D eigenvalue weighted by molar-refractivity contribution is 0.179. The van der Waals surface area contributed by atoms with E-state index in [1.54, 1.807) is 0 Å². The van der Waals surface area contributed by atoms with Crippen LogP contribution in [0.1, 0.15) is 0 Å². The molecule has 0 unspecified atom stereocenters. The molecule has 6 nitrogen and oxygen atoms in total. The topological polar surface area (TPSA) is 56.3 Å². The number of para-hydroxylation sites is 1. The van der Waals surface area contributed by atoms with Gasteiger partial charge in [0.15, 0.2) is 0 Å². The number of rotatable bonds is 4. The summed E-state index contributed by atoms with van der Waals surface area (Å²) in [6, 6.07) is 10.00. The number of aromatic nitrogens is 2. The summed E-state index contributed by atoms with van der Waals surface area (Å²) in [7, 11) is 2.14. The van der Waals surface area contributed by atoms with Crippen LogP contribution in [0.15, 0.2) is 30.3 Å². The number of likely N-dealkylation sites (N-methyl/N-ethyl adjacent to an activating group) is 1. The molecule has 20 heavy (non-hydrogen) atoms. The molecule has 0 amide bonds. The normalized spacial score (nSPS) is 17.1. The van der Waals surface area contributed by atoms with E-state index in [2.05, 4.69) is 37.9 Å². The van der Waals surface area contributed by atoms with Gasteiger partial charge in [0.2, 0.25) is 10.3 Å². The molecule has 1 fully saturated rings. The van der Waals surface area contributed by atoms with Gasteiger partial charge in [-0.05, 0) is 19.2 Å². The first-order valence-corrected chi connectivity index (χ1v) is 7.47. The van der Waals surface area contributed by atoms with Crippen molar-refractivity contribution in [2.75, 3.05) is 44.0 Å². The molecule has 0 saturated carbocycles. The van der Waals surface area contributed by atoms with Gasteiger partial charge in [0.05, 0.1) is 0 Å². The molecule has 7 heteroatoms. The zero-order valence-electron chi connectivity index (χ0n) is 11.4. The second-order valence-corrected chi connectivity index (χ2v) is 5.78. The Morgan fingerprint density at radius 1 is 1.00 bits per heavy atom. The molecule has 3 rings (SSSR count). The summed E-state index contributed by atoms with van der Waals surface area (Å²) in [6.07, 6.45) is 0. The van der Waals surface area contributed by atoms with Crippen molar-refractivity contribution >= 4 is 27.3 Å². The molecule has 1 saturated heterocycles. The number of benzene rings is 1. The average molecular weight is 290 g/mol. The summed E-state index contributed by atoms with van der Waals surface area (Å²) in [5, 5.41) is 15.4. The Hall–Kier alpha value is -1.70. The monoisotopic (exact) mass is 290 g/mol. The SMILES string of the molecule is CN1CCN(Nc2nnc(Nc3ccccc3)s2)CC1. The molecule has 1 aromatic carbocycles. The fourth-order valence-electron chi connectivity index (χ4n) is 2.02. The number of hydrogen-bond acceptors (Lipinski definition) is 7. The Balaban J connectivity index is 1.57. The van der Waals surface area contributed by atoms with Crippen molar-refractivity contribution in [1.29, 1.82) is 0 Å². The molecule has 0 aliphatic carbocycles. The average Bonchev–Trinajstić information content (AvgIpc) is 2.90. The summed E-state index contributed by atoms with van der Waals surface area (Å²) < 4.78 is 0. The highest BCUT2D eigenvalue weighted by Crippen LogP contribution is 2.24. The van der Waals surface area contributed by atoms with Crippen LogP contribution in [0.5, 0.6) is 0 Å². The minimum absolute atomic E-state index is 0.799. The Bertz CT molecular complexity index is 535. The Morgan fingerprint density at radius 3 is 2.45 bits per heavy atom. The molecule has 0 radical (unpaired) electrons. The Labute approximate surface area is 122 Å². The molecule has 1 aliphatic heterocycles. The maximum absolute atomic E-state index is 4.17. The van der Waals surface area contributed by atoms with Gasteiger partial charge in [0, 0.05) is 31.9 Å². The third-order valence-electron chi connectivity index (χ3n) is 3.21. The molecule has 1 aromatic heterocycles. The van der Waals surface area contributed by atoms with Crippen LogP contribution >= 0.6 is 11.3 Å². The van der Waals surface area contributed by atoms with E-state index < -0.39 is 0 Å². The van der Waals surface area contributed by atoms with Crippen LogP contribution in [0.25, 0.3) is 0 Å². The predicted molar refractivity (Wildman–Crippen MR) is 82.3 cm³/mol. The van der Waals surface area contributed by atoms with E-state index in [1.165, 1.54) is 11.3 Å². The number of hydrogen-bond donors (Lipinski definition) is 2. The summed E-state index contributed by atoms with van der Waals surface area (Å²) in [4.78, 5) is 2.32. The molecule has 0 spiro atoms. The summed E-state index contributed by atoms with van der Waals surface area (Å²) in [5.74, 6) is 0. The van der Waals surface area contributed by atoms with E-state index in [9.17, 15) is 0 Å². The molecule has 2 heterocycles. The maximum atomic E-state index is 4.17. The van der Waals surface area contributed by atoms with Crippen molar-refractivity contribution in [2.45, 2.75) is 0 Å². The zero-order valence-corrected chi connectivity index (χ0v) is 12.2. The minimum Gasteiger partial charge on any atom is -0.330 e. The van der Waals surface area contributed by atoms with Crippen LogP contribution in [-0.4, -0.2) is 53.3 Å². The second kappa shape index (κ2) is 6.17. The van der Waals surface area contributed by atoms with Crippen molar-refractivity contribution in [3.63, 3.8) is 0 Å². The third kappa shape index (κ3) is 3.44. The summed E-state index contributed by atoms with van der Waals surface area (Å²) in [6.45, 7) is 4.14. The van der Waals surface area contributed by atoms with E-state index in [-0.39, 0.29) is 0 Å². The highest BCUT2D eigenvalue weighted by molar-refractivity contribution is 7.19. The first-order chi connectivity index (χ1) is 9.79. The zero-order chi connectivity index (χ0) is 13.8. The lowest BCUT2D eigenvalue weighted by atomic mass is 10.3. The van der Waals surface area contributed by atoms with Crippen molar-refractivity contribution in [1.82, 2.24) is 20.1 Å². The van der Waals surface area contributed by atoms with Crippen LogP contribution < -0.4 is 10.7 Å². The fraction of sp³-hybridized carbons (Fsp3) is 0.385. The molecule has 106 valence electrons. The van der Waals surface area contributed by atoms with Gasteiger partial charge >= 0.3 is 0 Å². The number of nitrogens with zero attached hydrogens (tertiary/aromatic N) is 4. The van der Waals surface area contributed by atoms with Crippen LogP contribution in [0.4, 0.5) is 16.0 Å². The number of piperazine rings is 1. The molecule has 0 bridgehead atoms. The molecular weight excluding hydrogens is 272 g/mol. The summed E-state index contributed by atoms with van der Waals surface area (Å²) in [5.41, 5.74) is 4.34. The largest absolute Gasteiger partial charge is 0.330 e. The number of anilines is 3. The van der Waals surface area contributed by atoms with Gasteiger partial charge in [-0.3, -0.25) is 5.43 Å². The lowest BCUT2D eigenvalue weighted by Gasteiger charge is -2.31. The summed E-state index contributed by atoms with van der Waals surface area (Å²) >= 11 is 1.52. The molecule has 2 aromatic rings. The Kier molecular flexibility index (Phi) is 4.10. The highest BCUT2D eigenvalue weighted by atomic mass is 32.1. The Morgan fingerprint density at radius 2 is 1.70 bits per heavy atom. The minimum atomic E-state index is 0.799. The van der Waals surface area contributed by atoms with Crippen LogP contribution in [0, 0.1) is 0 Å². The van der Waals surface area contributed by atoms with Gasteiger partial charge in [-0.1, -0.05) is 29.5 Å². The van der Waals surface area contributed by atoms with Gasteiger partial charge in [-0.15, -0.1) is 10.2 Å². The molecular formula is C13H18N6S. The van der Waals surface area contributed by atoms with E-state index >= 15 is 0 Å². The van der Waals surface area contributed by atoms with Crippen molar-refractivity contribution in [3.05, 3.63) is 30.3 Å². The lowest BCUT2D eigenvalue weighted by Crippen LogP contribution is -2.46. The number of nitrogens with one attached hydrogen (secondary N) is 2. The molecule has 0 atom stereocenters. The van der Waals surface area contributed by atoms with Crippen LogP contribution in [0.2, 0.25) is 0 Å². The number of hydrazine groups is 1.